The quantitative estimate of drug-likeness (QED) is 0.168. The number of nitrogens with zero attached hydrogens (tertiary/aromatic N) is 2. The molecule has 1 spiro atoms. The van der Waals surface area contributed by atoms with Crippen molar-refractivity contribution in [2.45, 2.75) is 5.41 Å². The molecule has 2 nitrogen and oxygen atoms in total. The van der Waals surface area contributed by atoms with Crippen LogP contribution in [0.1, 0.15) is 22.3 Å². The van der Waals surface area contributed by atoms with Crippen LogP contribution < -0.4 is 4.90 Å². The Bertz CT molecular complexity index is 3860. The SMILES string of the molecule is c1ccc(-c2ccc(-c3ccccc3N(c3ccc4sc5ccccc5c4c3)c3cccc4c3-c3ccccc3C43c4ccccc4-n4c5ccccc5c5cccc3c54)cc2)cc1. The highest BCUT2D eigenvalue weighted by atomic mass is 32.1. The molecular formula is C61H38N2S. The maximum atomic E-state index is 2.55. The molecule has 1 aliphatic carbocycles. The van der Waals surface area contributed by atoms with Gasteiger partial charge in [0.15, 0.2) is 0 Å². The third kappa shape index (κ3) is 4.79. The van der Waals surface area contributed by atoms with Gasteiger partial charge in [-0.25, -0.2) is 0 Å². The van der Waals surface area contributed by atoms with Crippen LogP contribution in [0, 0.1) is 0 Å². The van der Waals surface area contributed by atoms with Gasteiger partial charge < -0.3 is 9.47 Å². The van der Waals surface area contributed by atoms with Gasteiger partial charge in [0.1, 0.15) is 0 Å². The van der Waals surface area contributed by atoms with Crippen molar-refractivity contribution in [1.29, 1.82) is 0 Å². The van der Waals surface area contributed by atoms with Gasteiger partial charge in [-0.2, -0.15) is 0 Å². The molecule has 10 aromatic carbocycles. The zero-order chi connectivity index (χ0) is 41.9. The smallest absolute Gasteiger partial charge is 0.0755 e. The van der Waals surface area contributed by atoms with Crippen LogP contribution in [0.5, 0.6) is 0 Å². The third-order valence-electron chi connectivity index (χ3n) is 14.0. The minimum absolute atomic E-state index is 0.561. The number of aromatic nitrogens is 1. The monoisotopic (exact) mass is 830 g/mol. The molecule has 3 heteroatoms. The number of benzene rings is 10. The Hall–Kier alpha value is -7.98. The van der Waals surface area contributed by atoms with Gasteiger partial charge in [0.05, 0.1) is 33.5 Å². The average Bonchev–Trinajstić information content (AvgIpc) is 4.01. The summed E-state index contributed by atoms with van der Waals surface area (Å²) < 4.78 is 5.12. The lowest BCUT2D eigenvalue weighted by atomic mass is 9.65. The van der Waals surface area contributed by atoms with Crippen LogP contribution >= 0.6 is 11.3 Å². The number of thiophene rings is 1. The molecule has 0 bridgehead atoms. The maximum Gasteiger partial charge on any atom is 0.0755 e. The average molecular weight is 831 g/mol. The van der Waals surface area contributed by atoms with E-state index in [0.717, 1.165) is 17.1 Å². The molecule has 298 valence electrons. The van der Waals surface area contributed by atoms with Crippen LogP contribution in [0.4, 0.5) is 17.1 Å². The van der Waals surface area contributed by atoms with Crippen molar-refractivity contribution in [3.05, 3.63) is 253 Å². The second-order valence-corrected chi connectivity index (χ2v) is 18.2. The highest BCUT2D eigenvalue weighted by molar-refractivity contribution is 7.25. The molecule has 0 saturated carbocycles. The van der Waals surface area contributed by atoms with Crippen molar-refractivity contribution >= 4 is 70.4 Å². The van der Waals surface area contributed by atoms with Crippen LogP contribution in [-0.4, -0.2) is 4.57 Å². The summed E-state index contributed by atoms with van der Waals surface area (Å²) >= 11 is 1.86. The van der Waals surface area contributed by atoms with E-state index in [2.05, 4.69) is 240 Å². The number of hydrogen-bond acceptors (Lipinski definition) is 2. The molecule has 2 aliphatic rings. The summed E-state index contributed by atoms with van der Waals surface area (Å²) in [5.41, 5.74) is 19.2. The van der Waals surface area contributed by atoms with Crippen LogP contribution in [0.25, 0.3) is 81.0 Å². The predicted molar refractivity (Wildman–Crippen MR) is 270 cm³/mol. The van der Waals surface area contributed by atoms with Crippen molar-refractivity contribution in [1.82, 2.24) is 4.57 Å². The number of rotatable bonds is 5. The van der Waals surface area contributed by atoms with Gasteiger partial charge in [-0.3, -0.25) is 0 Å². The number of anilines is 3. The topological polar surface area (TPSA) is 8.17 Å². The Labute approximate surface area is 375 Å². The molecular weight excluding hydrogens is 793 g/mol. The number of para-hydroxylation sites is 4. The zero-order valence-electron chi connectivity index (χ0n) is 34.7. The summed E-state index contributed by atoms with van der Waals surface area (Å²) in [5, 5.41) is 5.13. The summed E-state index contributed by atoms with van der Waals surface area (Å²) in [6.07, 6.45) is 0. The molecule has 1 aliphatic heterocycles. The van der Waals surface area contributed by atoms with E-state index in [4.69, 9.17) is 0 Å². The Balaban J connectivity index is 1.07. The summed E-state index contributed by atoms with van der Waals surface area (Å²) in [6.45, 7) is 0. The molecule has 1 atom stereocenters. The fourth-order valence-corrected chi connectivity index (χ4v) is 12.5. The second kappa shape index (κ2) is 13.5. The minimum atomic E-state index is -0.561. The van der Waals surface area contributed by atoms with Gasteiger partial charge in [-0.15, -0.1) is 11.3 Å². The maximum absolute atomic E-state index is 2.55. The van der Waals surface area contributed by atoms with E-state index in [0.29, 0.717) is 0 Å². The van der Waals surface area contributed by atoms with Crippen molar-refractivity contribution in [2.24, 2.45) is 0 Å². The third-order valence-corrected chi connectivity index (χ3v) is 15.2. The molecule has 0 radical (unpaired) electrons. The molecule has 0 saturated heterocycles. The summed E-state index contributed by atoms with van der Waals surface area (Å²) in [7, 11) is 0. The molecule has 3 heterocycles. The van der Waals surface area contributed by atoms with Crippen molar-refractivity contribution < 1.29 is 0 Å². The fraction of sp³-hybridized carbons (Fsp3) is 0.0164. The Morgan fingerprint density at radius 1 is 0.375 bits per heavy atom. The Morgan fingerprint density at radius 3 is 1.88 bits per heavy atom. The minimum Gasteiger partial charge on any atom is -0.309 e. The molecule has 0 fully saturated rings. The van der Waals surface area contributed by atoms with Gasteiger partial charge in [0.2, 0.25) is 0 Å². The van der Waals surface area contributed by atoms with E-state index in [9.17, 15) is 0 Å². The first-order valence-corrected chi connectivity index (χ1v) is 22.9. The Kier molecular flexibility index (Phi) is 7.51. The van der Waals surface area contributed by atoms with Crippen LogP contribution in [0.2, 0.25) is 0 Å². The van der Waals surface area contributed by atoms with Crippen LogP contribution in [-0.2, 0) is 5.41 Å². The predicted octanol–water partition coefficient (Wildman–Crippen LogP) is 16.6. The summed E-state index contributed by atoms with van der Waals surface area (Å²) in [4.78, 5) is 2.55. The van der Waals surface area contributed by atoms with Gasteiger partial charge in [-0.05, 0) is 93.0 Å². The lowest BCUT2D eigenvalue weighted by molar-refractivity contribution is 0.748. The second-order valence-electron chi connectivity index (χ2n) is 17.1. The fourth-order valence-electron chi connectivity index (χ4n) is 11.4. The molecule has 14 rings (SSSR count). The van der Waals surface area contributed by atoms with Crippen molar-refractivity contribution in [3.63, 3.8) is 0 Å². The zero-order valence-corrected chi connectivity index (χ0v) is 35.6. The van der Waals surface area contributed by atoms with E-state index in [1.54, 1.807) is 0 Å². The highest BCUT2D eigenvalue weighted by Crippen LogP contribution is 2.63. The lowest BCUT2D eigenvalue weighted by Crippen LogP contribution is -2.33. The molecule has 0 amide bonds. The first kappa shape index (κ1) is 35.6. The molecule has 0 N–H and O–H groups in total. The molecule has 12 aromatic rings. The summed E-state index contributed by atoms with van der Waals surface area (Å²) in [6, 6.07) is 85.9. The van der Waals surface area contributed by atoms with E-state index < -0.39 is 5.41 Å². The number of hydrogen-bond donors (Lipinski definition) is 0. The van der Waals surface area contributed by atoms with E-state index >= 15 is 0 Å². The molecule has 2 aromatic heterocycles. The van der Waals surface area contributed by atoms with Crippen LogP contribution in [0.15, 0.2) is 231 Å². The van der Waals surface area contributed by atoms with Gasteiger partial charge in [-0.1, -0.05) is 182 Å². The van der Waals surface area contributed by atoms with E-state index in [1.165, 1.54) is 103 Å². The van der Waals surface area contributed by atoms with E-state index in [-0.39, 0.29) is 0 Å². The first-order chi connectivity index (χ1) is 31.8. The first-order valence-electron chi connectivity index (χ1n) is 22.1. The van der Waals surface area contributed by atoms with E-state index in [1.807, 2.05) is 11.3 Å². The largest absolute Gasteiger partial charge is 0.309 e. The van der Waals surface area contributed by atoms with Gasteiger partial charge >= 0.3 is 0 Å². The summed E-state index contributed by atoms with van der Waals surface area (Å²) in [5.74, 6) is 0. The van der Waals surface area contributed by atoms with Crippen LogP contribution in [0.3, 0.4) is 0 Å². The Morgan fingerprint density at radius 2 is 0.984 bits per heavy atom. The lowest BCUT2D eigenvalue weighted by Gasteiger charge is -2.39. The normalized spacial score (nSPS) is 14.6. The number of fused-ring (bicyclic) bond motifs is 15. The van der Waals surface area contributed by atoms with Crippen molar-refractivity contribution in [3.8, 4) is 39.1 Å². The van der Waals surface area contributed by atoms with Crippen molar-refractivity contribution in [2.75, 3.05) is 4.90 Å². The van der Waals surface area contributed by atoms with Gasteiger partial charge in [0.25, 0.3) is 0 Å². The molecule has 64 heavy (non-hydrogen) atoms. The standard InChI is InChI=1S/C61H38N2S/c1-2-16-39(17-3-1)40-32-34-41(35-33-40)43-18-5-10-27-53(43)62(42-36-37-58-48(38-42)45-20-7-13-31-57(45)64-58)56-30-15-25-51-59(56)47-21-4-8-23-49(47)61(51)50-24-9-12-29-55(50)63-54-28-11-6-19-44(54)46-22-14-26-52(61)60(46)63/h1-38H. The molecule has 1 unspecified atom stereocenters. The highest BCUT2D eigenvalue weighted by Gasteiger charge is 2.51. The van der Waals surface area contributed by atoms with Gasteiger partial charge in [0, 0.05) is 47.8 Å².